The minimum atomic E-state index is -0.122. The van der Waals surface area contributed by atoms with Gasteiger partial charge < -0.3 is 4.90 Å². The largest absolute Gasteiger partial charge is 0.337 e. The lowest BCUT2D eigenvalue weighted by Crippen LogP contribution is -2.35. The number of aromatic nitrogens is 1. The fourth-order valence-electron chi connectivity index (χ4n) is 3.99. The Balaban J connectivity index is 1.32. The fourth-order valence-corrected chi connectivity index (χ4v) is 5.64. The number of amides is 2. The molecule has 3 heterocycles. The number of anilines is 1. The van der Waals surface area contributed by atoms with Crippen LogP contribution in [-0.4, -0.2) is 28.2 Å². The van der Waals surface area contributed by atoms with Crippen LogP contribution in [0.5, 0.6) is 0 Å². The van der Waals surface area contributed by atoms with Gasteiger partial charge in [-0.3, -0.25) is 14.9 Å². The number of thiophene rings is 1. The van der Waals surface area contributed by atoms with Crippen LogP contribution < -0.4 is 5.32 Å². The molecule has 0 saturated heterocycles. The summed E-state index contributed by atoms with van der Waals surface area (Å²) in [5, 5.41) is 7.23. The molecule has 5 nitrogen and oxygen atoms in total. The summed E-state index contributed by atoms with van der Waals surface area (Å²) in [6, 6.07) is 1.81. The summed E-state index contributed by atoms with van der Waals surface area (Å²) in [4.78, 5) is 32.5. The van der Waals surface area contributed by atoms with E-state index in [0.29, 0.717) is 23.7 Å². The number of carbonyl (C=O) groups excluding carboxylic acids is 2. The maximum Gasteiger partial charge on any atom is 0.258 e. The predicted molar refractivity (Wildman–Crippen MR) is 109 cm³/mol. The number of fused-ring (bicyclic) bond motifs is 1. The molecule has 0 aromatic carbocycles. The van der Waals surface area contributed by atoms with E-state index in [1.54, 1.807) is 6.07 Å². The van der Waals surface area contributed by atoms with Crippen molar-refractivity contribution in [3.05, 3.63) is 33.0 Å². The summed E-state index contributed by atoms with van der Waals surface area (Å²) in [7, 11) is 0. The molecular formula is C20H25N3O2S2. The van der Waals surface area contributed by atoms with Crippen molar-refractivity contribution in [1.29, 1.82) is 0 Å². The highest BCUT2D eigenvalue weighted by Crippen LogP contribution is 2.30. The molecule has 4 rings (SSSR count). The average Bonchev–Trinajstić information content (AvgIpc) is 3.35. The monoisotopic (exact) mass is 403 g/mol. The van der Waals surface area contributed by atoms with Gasteiger partial charge in [0.05, 0.1) is 17.8 Å². The quantitative estimate of drug-likeness (QED) is 0.787. The Labute approximate surface area is 167 Å². The van der Waals surface area contributed by atoms with Gasteiger partial charge in [-0.25, -0.2) is 4.98 Å². The second-order valence-electron chi connectivity index (χ2n) is 7.46. The zero-order chi connectivity index (χ0) is 18.6. The number of thiazole rings is 1. The van der Waals surface area contributed by atoms with E-state index in [-0.39, 0.29) is 11.8 Å². The van der Waals surface area contributed by atoms with Crippen molar-refractivity contribution in [3.63, 3.8) is 0 Å². The second-order valence-corrected chi connectivity index (χ2v) is 9.33. The van der Waals surface area contributed by atoms with Crippen molar-refractivity contribution < 1.29 is 9.59 Å². The van der Waals surface area contributed by atoms with Crippen LogP contribution >= 0.6 is 22.7 Å². The summed E-state index contributed by atoms with van der Waals surface area (Å²) in [6.45, 7) is 1.36. The molecule has 7 heteroatoms. The molecule has 1 aliphatic carbocycles. The third-order valence-corrected chi connectivity index (χ3v) is 7.26. The van der Waals surface area contributed by atoms with E-state index < -0.39 is 0 Å². The highest BCUT2D eigenvalue weighted by atomic mass is 32.1. The van der Waals surface area contributed by atoms with Gasteiger partial charge in [0.2, 0.25) is 5.91 Å². The maximum atomic E-state index is 12.6. The molecule has 1 N–H and O–H groups in total. The molecule has 2 aromatic rings. The van der Waals surface area contributed by atoms with Crippen LogP contribution in [0.4, 0.5) is 5.13 Å². The number of nitrogens with one attached hydrogen (secondary N) is 1. The van der Waals surface area contributed by atoms with Gasteiger partial charge in [-0.15, -0.1) is 0 Å². The van der Waals surface area contributed by atoms with Crippen molar-refractivity contribution in [2.45, 2.75) is 57.9 Å². The van der Waals surface area contributed by atoms with Gasteiger partial charge in [0.15, 0.2) is 5.13 Å². The molecule has 2 aromatic heterocycles. The molecule has 0 atom stereocenters. The molecule has 0 unspecified atom stereocenters. The molecular weight excluding hydrogens is 378 g/mol. The van der Waals surface area contributed by atoms with Gasteiger partial charge in [-0.2, -0.15) is 11.3 Å². The lowest BCUT2D eigenvalue weighted by Gasteiger charge is -2.27. The van der Waals surface area contributed by atoms with Crippen LogP contribution in [0.15, 0.2) is 16.8 Å². The van der Waals surface area contributed by atoms with Gasteiger partial charge in [-0.1, -0.05) is 43.4 Å². The third kappa shape index (κ3) is 4.58. The van der Waals surface area contributed by atoms with E-state index >= 15 is 0 Å². The summed E-state index contributed by atoms with van der Waals surface area (Å²) in [5.74, 6) is 0.886. The molecule has 2 aliphatic rings. The van der Waals surface area contributed by atoms with Gasteiger partial charge in [0, 0.05) is 29.6 Å². The normalized spacial score (nSPS) is 17.6. The number of rotatable bonds is 5. The van der Waals surface area contributed by atoms with E-state index in [4.69, 9.17) is 0 Å². The van der Waals surface area contributed by atoms with Crippen LogP contribution in [0, 0.1) is 5.92 Å². The van der Waals surface area contributed by atoms with Gasteiger partial charge in [0.25, 0.3) is 5.91 Å². The molecule has 0 radical (unpaired) electrons. The number of nitrogens with zero attached hydrogens (tertiary/aromatic N) is 2. The zero-order valence-electron chi connectivity index (χ0n) is 15.4. The highest BCUT2D eigenvalue weighted by molar-refractivity contribution is 7.16. The molecule has 144 valence electrons. The number of carbonyl (C=O) groups is 2. The summed E-state index contributed by atoms with van der Waals surface area (Å²) >= 11 is 3.00. The van der Waals surface area contributed by atoms with Crippen LogP contribution in [0.3, 0.4) is 0 Å². The van der Waals surface area contributed by atoms with Crippen molar-refractivity contribution in [3.8, 4) is 0 Å². The third-order valence-electron chi connectivity index (χ3n) is 5.58. The first-order valence-corrected chi connectivity index (χ1v) is 11.5. The molecule has 0 bridgehead atoms. The topological polar surface area (TPSA) is 62.3 Å². The molecule has 1 saturated carbocycles. The van der Waals surface area contributed by atoms with E-state index in [1.165, 1.54) is 54.8 Å². The molecule has 27 heavy (non-hydrogen) atoms. The van der Waals surface area contributed by atoms with Crippen LogP contribution in [0.2, 0.25) is 0 Å². The smallest absolute Gasteiger partial charge is 0.258 e. The van der Waals surface area contributed by atoms with Crippen molar-refractivity contribution in [1.82, 2.24) is 9.88 Å². The number of hydrogen-bond acceptors (Lipinski definition) is 5. The Kier molecular flexibility index (Phi) is 5.88. The highest BCUT2D eigenvalue weighted by Gasteiger charge is 2.25. The minimum Gasteiger partial charge on any atom is -0.337 e. The van der Waals surface area contributed by atoms with E-state index in [9.17, 15) is 9.59 Å². The van der Waals surface area contributed by atoms with Crippen LogP contribution in [0.1, 0.15) is 65.9 Å². The Morgan fingerprint density at radius 2 is 2.11 bits per heavy atom. The lowest BCUT2D eigenvalue weighted by molar-refractivity contribution is -0.132. The lowest BCUT2D eigenvalue weighted by atomic mass is 9.86. The molecule has 1 fully saturated rings. The summed E-state index contributed by atoms with van der Waals surface area (Å²) < 4.78 is 0. The van der Waals surface area contributed by atoms with E-state index in [2.05, 4.69) is 10.3 Å². The molecule has 1 aliphatic heterocycles. The van der Waals surface area contributed by atoms with Gasteiger partial charge >= 0.3 is 0 Å². The van der Waals surface area contributed by atoms with Crippen molar-refractivity contribution in [2.24, 2.45) is 5.92 Å². The maximum absolute atomic E-state index is 12.6. The summed E-state index contributed by atoms with van der Waals surface area (Å²) in [6.07, 6.45) is 9.07. The Morgan fingerprint density at radius 3 is 2.89 bits per heavy atom. The van der Waals surface area contributed by atoms with Crippen molar-refractivity contribution in [2.75, 3.05) is 11.9 Å². The first-order chi connectivity index (χ1) is 13.2. The standard InChI is InChI=1S/C20H25N3O2S2/c24-18(7-6-14-4-2-1-3-5-14)23-10-8-16-17(12-23)27-20(21-16)22-19(25)15-9-11-26-13-15/h9,11,13-14H,1-8,10,12H2,(H,21,22,25). The zero-order valence-corrected chi connectivity index (χ0v) is 17.0. The van der Waals surface area contributed by atoms with Crippen LogP contribution in [0.25, 0.3) is 0 Å². The minimum absolute atomic E-state index is 0.122. The first-order valence-electron chi connectivity index (χ1n) is 9.79. The fraction of sp³-hybridized carbons (Fsp3) is 0.550. The van der Waals surface area contributed by atoms with E-state index in [1.807, 2.05) is 15.7 Å². The summed E-state index contributed by atoms with van der Waals surface area (Å²) in [5.41, 5.74) is 1.68. The average molecular weight is 404 g/mol. The van der Waals surface area contributed by atoms with Gasteiger partial charge in [-0.05, 0) is 23.8 Å². The molecule has 0 spiro atoms. The number of hydrogen-bond donors (Lipinski definition) is 1. The predicted octanol–water partition coefficient (Wildman–Crippen LogP) is 4.70. The Morgan fingerprint density at radius 1 is 1.26 bits per heavy atom. The van der Waals surface area contributed by atoms with E-state index in [0.717, 1.165) is 35.9 Å². The second kappa shape index (κ2) is 8.52. The Bertz CT molecular complexity index is 794. The molecule has 2 amide bonds. The van der Waals surface area contributed by atoms with Crippen molar-refractivity contribution >= 4 is 39.6 Å². The Hall–Kier alpha value is -1.73. The first kappa shape index (κ1) is 18.6. The van der Waals surface area contributed by atoms with Gasteiger partial charge in [0.1, 0.15) is 0 Å². The van der Waals surface area contributed by atoms with Crippen LogP contribution in [-0.2, 0) is 17.8 Å². The SMILES string of the molecule is O=C(Nc1nc2c(s1)CN(C(=O)CCC1CCCCC1)CC2)c1ccsc1.